The van der Waals surface area contributed by atoms with Crippen LogP contribution in [0.4, 0.5) is 4.79 Å². The third-order valence-electron chi connectivity index (χ3n) is 2.96. The van der Waals surface area contributed by atoms with Crippen LogP contribution < -0.4 is 0 Å². The summed E-state index contributed by atoms with van der Waals surface area (Å²) in [5.74, 6) is -0.540. The van der Waals surface area contributed by atoms with E-state index in [1.807, 2.05) is 0 Å². The van der Waals surface area contributed by atoms with Crippen LogP contribution in [0.3, 0.4) is 0 Å². The van der Waals surface area contributed by atoms with Gasteiger partial charge in [-0.25, -0.2) is 4.79 Å². The van der Waals surface area contributed by atoms with Crippen LogP contribution in [0.2, 0.25) is 0 Å². The number of hydrogen-bond donors (Lipinski definition) is 0. The minimum Gasteiger partial charge on any atom is -0.275 e. The Labute approximate surface area is 81.7 Å². The van der Waals surface area contributed by atoms with Crippen molar-refractivity contribution >= 4 is 17.8 Å². The van der Waals surface area contributed by atoms with E-state index < -0.39 is 6.03 Å². The molecule has 2 rings (SSSR count). The van der Waals surface area contributed by atoms with E-state index in [1.54, 1.807) is 0 Å². The minimum atomic E-state index is -0.447. The van der Waals surface area contributed by atoms with Crippen molar-refractivity contribution < 1.29 is 14.4 Å². The molecular weight excluding hydrogens is 184 g/mol. The molecule has 1 heterocycles. The second-order valence-electron chi connectivity index (χ2n) is 3.77. The van der Waals surface area contributed by atoms with Crippen molar-refractivity contribution in [3.05, 3.63) is 0 Å². The molecule has 2 fully saturated rings. The van der Waals surface area contributed by atoms with Gasteiger partial charge in [0.1, 0.15) is 0 Å². The lowest BCUT2D eigenvalue weighted by Gasteiger charge is -2.34. The van der Waals surface area contributed by atoms with E-state index in [-0.39, 0.29) is 23.9 Å². The van der Waals surface area contributed by atoms with E-state index >= 15 is 0 Å². The van der Waals surface area contributed by atoms with Crippen LogP contribution >= 0.6 is 0 Å². The molecule has 1 saturated carbocycles. The summed E-state index contributed by atoms with van der Waals surface area (Å²) in [6.45, 7) is 2.72. The molecule has 5 nitrogen and oxygen atoms in total. The van der Waals surface area contributed by atoms with Crippen LogP contribution in [0.25, 0.3) is 0 Å². The summed E-state index contributed by atoms with van der Waals surface area (Å²) in [5.41, 5.74) is 0. The molecule has 1 saturated heterocycles. The smallest absolute Gasteiger partial charge is 0.275 e. The van der Waals surface area contributed by atoms with Gasteiger partial charge in [-0.1, -0.05) is 0 Å². The second-order valence-corrected chi connectivity index (χ2v) is 3.77. The third kappa shape index (κ3) is 0.981. The maximum Gasteiger partial charge on any atom is 0.334 e. The topological polar surface area (TPSA) is 57.7 Å². The molecule has 76 valence electrons. The first kappa shape index (κ1) is 9.18. The molecule has 0 aromatic carbocycles. The molecule has 0 unspecified atom stereocenters. The Morgan fingerprint density at radius 2 is 1.43 bits per heavy atom. The van der Waals surface area contributed by atoms with Gasteiger partial charge < -0.3 is 0 Å². The van der Waals surface area contributed by atoms with Crippen LogP contribution in [-0.4, -0.2) is 39.7 Å². The summed E-state index contributed by atoms with van der Waals surface area (Å²) in [4.78, 5) is 36.4. The third-order valence-corrected chi connectivity index (χ3v) is 2.96. The average molecular weight is 196 g/mol. The van der Waals surface area contributed by atoms with Crippen LogP contribution in [0.5, 0.6) is 0 Å². The summed E-state index contributed by atoms with van der Waals surface area (Å²) in [7, 11) is 0. The van der Waals surface area contributed by atoms with E-state index in [0.29, 0.717) is 0 Å². The first-order valence-corrected chi connectivity index (χ1v) is 4.67. The number of hydrogen-bond acceptors (Lipinski definition) is 3. The van der Waals surface area contributed by atoms with Crippen molar-refractivity contribution in [1.29, 1.82) is 0 Å². The van der Waals surface area contributed by atoms with Crippen LogP contribution in [0, 0.1) is 0 Å². The van der Waals surface area contributed by atoms with Crippen molar-refractivity contribution in [2.75, 3.05) is 0 Å². The standard InChI is InChI=1S/C9H12N2O3/c1-5(12)10-7-3-4-8(7)11(6(2)13)9(10)14/h7-8H,3-4H2,1-2H3/t7-,8+. The van der Waals surface area contributed by atoms with Crippen molar-refractivity contribution in [2.45, 2.75) is 38.8 Å². The highest BCUT2D eigenvalue weighted by atomic mass is 16.2. The van der Waals surface area contributed by atoms with Gasteiger partial charge >= 0.3 is 6.03 Å². The van der Waals surface area contributed by atoms with E-state index in [4.69, 9.17) is 0 Å². The number of carbonyl (C=O) groups is 3. The fourth-order valence-electron chi connectivity index (χ4n) is 2.20. The molecule has 2 aliphatic rings. The largest absolute Gasteiger partial charge is 0.334 e. The van der Waals surface area contributed by atoms with E-state index in [0.717, 1.165) is 12.8 Å². The highest BCUT2D eigenvalue weighted by molar-refractivity contribution is 6.04. The summed E-state index contributed by atoms with van der Waals surface area (Å²) >= 11 is 0. The van der Waals surface area contributed by atoms with Gasteiger partial charge in [0.05, 0.1) is 12.1 Å². The summed E-state index contributed by atoms with van der Waals surface area (Å²) in [6.07, 6.45) is 1.64. The van der Waals surface area contributed by atoms with Crippen molar-refractivity contribution in [1.82, 2.24) is 9.80 Å². The van der Waals surface area contributed by atoms with Crippen LogP contribution in [-0.2, 0) is 9.59 Å². The zero-order chi connectivity index (χ0) is 10.5. The van der Waals surface area contributed by atoms with Gasteiger partial charge in [0.25, 0.3) is 0 Å². The SMILES string of the molecule is CC(=O)N1C(=O)N(C(C)=O)[C@H]2CC[C@H]21. The first-order valence-electron chi connectivity index (χ1n) is 4.67. The first-order chi connectivity index (χ1) is 6.54. The van der Waals surface area contributed by atoms with Crippen LogP contribution in [0.15, 0.2) is 0 Å². The van der Waals surface area contributed by atoms with Gasteiger partial charge in [-0.2, -0.15) is 0 Å². The molecule has 0 N–H and O–H groups in total. The number of imide groups is 2. The zero-order valence-corrected chi connectivity index (χ0v) is 8.19. The Morgan fingerprint density at radius 3 is 1.57 bits per heavy atom. The molecule has 5 heteroatoms. The van der Waals surface area contributed by atoms with E-state index in [9.17, 15) is 14.4 Å². The highest BCUT2D eigenvalue weighted by Gasteiger charge is 2.54. The minimum absolute atomic E-state index is 0.0658. The highest BCUT2D eigenvalue weighted by Crippen LogP contribution is 2.37. The van der Waals surface area contributed by atoms with Crippen LogP contribution in [0.1, 0.15) is 26.7 Å². The second kappa shape index (κ2) is 2.80. The van der Waals surface area contributed by atoms with Crippen molar-refractivity contribution in [3.8, 4) is 0 Å². The van der Waals surface area contributed by atoms with Crippen molar-refractivity contribution in [3.63, 3.8) is 0 Å². The maximum atomic E-state index is 11.7. The van der Waals surface area contributed by atoms with Gasteiger partial charge in [0.15, 0.2) is 0 Å². The molecule has 0 radical (unpaired) electrons. The predicted octanol–water partition coefficient (Wildman–Crippen LogP) is 0.348. The lowest BCUT2D eigenvalue weighted by Crippen LogP contribution is -2.47. The number of nitrogens with zero attached hydrogens (tertiary/aromatic N) is 2. The Hall–Kier alpha value is -1.39. The molecule has 1 aliphatic heterocycles. The van der Waals surface area contributed by atoms with Gasteiger partial charge in [-0.05, 0) is 12.8 Å². The molecule has 4 amide bonds. The fraction of sp³-hybridized carbons (Fsp3) is 0.667. The van der Waals surface area contributed by atoms with E-state index in [1.165, 1.54) is 23.6 Å². The number of carbonyl (C=O) groups excluding carboxylic acids is 3. The zero-order valence-electron chi connectivity index (χ0n) is 8.19. The summed E-state index contributed by atoms with van der Waals surface area (Å²) in [6, 6.07) is -0.578. The van der Waals surface area contributed by atoms with Crippen molar-refractivity contribution in [2.24, 2.45) is 0 Å². The summed E-state index contributed by atoms with van der Waals surface area (Å²) < 4.78 is 0. The normalized spacial score (nSPS) is 30.0. The molecule has 0 aromatic rings. The lowest BCUT2D eigenvalue weighted by atomic mass is 9.86. The molecule has 0 spiro atoms. The Balaban J connectivity index is 2.29. The van der Waals surface area contributed by atoms with E-state index in [2.05, 4.69) is 0 Å². The van der Waals surface area contributed by atoms with Gasteiger partial charge in [0, 0.05) is 13.8 Å². The Kier molecular flexibility index (Phi) is 1.83. The molecule has 0 bridgehead atoms. The summed E-state index contributed by atoms with van der Waals surface area (Å²) in [5, 5.41) is 0. The van der Waals surface area contributed by atoms with Gasteiger partial charge in [-0.15, -0.1) is 0 Å². The number of rotatable bonds is 0. The van der Waals surface area contributed by atoms with Gasteiger partial charge in [0.2, 0.25) is 11.8 Å². The Morgan fingerprint density at radius 1 is 1.07 bits per heavy atom. The monoisotopic (exact) mass is 196 g/mol. The molecule has 2 atom stereocenters. The predicted molar refractivity (Wildman–Crippen MR) is 47.2 cm³/mol. The lowest BCUT2D eigenvalue weighted by molar-refractivity contribution is -0.129. The molecule has 14 heavy (non-hydrogen) atoms. The quantitative estimate of drug-likeness (QED) is 0.561. The fourth-order valence-corrected chi connectivity index (χ4v) is 2.20. The number of fused-ring (bicyclic) bond motifs is 1. The van der Waals surface area contributed by atoms with Gasteiger partial charge in [-0.3, -0.25) is 19.4 Å². The number of urea groups is 1. The average Bonchev–Trinajstić information content (AvgIpc) is 2.22. The molecular formula is C9H12N2O3. The maximum absolute atomic E-state index is 11.7. The molecule has 1 aliphatic carbocycles. The molecule has 0 aromatic heterocycles. The number of amides is 4. The Bertz CT molecular complexity index is 296.